The average molecular weight is 273 g/mol. The van der Waals surface area contributed by atoms with Crippen LogP contribution in [0, 0.1) is 0 Å². The Labute approximate surface area is 110 Å². The summed E-state index contributed by atoms with van der Waals surface area (Å²) >= 11 is 0. The van der Waals surface area contributed by atoms with Gasteiger partial charge in [0.2, 0.25) is 10.0 Å². The van der Waals surface area contributed by atoms with Gasteiger partial charge < -0.3 is 5.32 Å². The van der Waals surface area contributed by atoms with Crippen LogP contribution in [-0.4, -0.2) is 68.2 Å². The molecule has 3 fully saturated rings. The number of hydrogen-bond acceptors (Lipinski definition) is 4. The molecule has 5 nitrogen and oxygen atoms in total. The van der Waals surface area contributed by atoms with Gasteiger partial charge in [0.25, 0.3) is 0 Å². The number of sulfonamides is 1. The maximum absolute atomic E-state index is 12.5. The van der Waals surface area contributed by atoms with Crippen molar-refractivity contribution in [1.82, 2.24) is 14.5 Å². The van der Waals surface area contributed by atoms with Crippen molar-refractivity contribution < 1.29 is 8.42 Å². The predicted molar refractivity (Wildman–Crippen MR) is 71.0 cm³/mol. The topological polar surface area (TPSA) is 52.7 Å². The Morgan fingerprint density at radius 3 is 2.50 bits per heavy atom. The molecule has 0 amide bonds. The fourth-order valence-corrected chi connectivity index (χ4v) is 5.35. The molecule has 0 radical (unpaired) electrons. The van der Waals surface area contributed by atoms with Crippen LogP contribution in [0.15, 0.2) is 0 Å². The second kappa shape index (κ2) is 5.07. The van der Waals surface area contributed by atoms with E-state index in [0.717, 1.165) is 45.6 Å². The molecule has 3 heterocycles. The summed E-state index contributed by atoms with van der Waals surface area (Å²) in [7, 11) is -3.06. The van der Waals surface area contributed by atoms with Gasteiger partial charge in [0, 0.05) is 25.7 Å². The Morgan fingerprint density at radius 2 is 1.83 bits per heavy atom. The molecule has 6 heteroatoms. The van der Waals surface area contributed by atoms with E-state index in [1.54, 1.807) is 4.31 Å². The van der Waals surface area contributed by atoms with Crippen LogP contribution in [0.3, 0.4) is 0 Å². The van der Waals surface area contributed by atoms with E-state index >= 15 is 0 Å². The third-order valence-electron chi connectivity index (χ3n) is 4.58. The fraction of sp³-hybridized carbons (Fsp3) is 1.00. The zero-order chi connectivity index (χ0) is 12.6. The summed E-state index contributed by atoms with van der Waals surface area (Å²) < 4.78 is 26.7. The molecule has 3 aliphatic heterocycles. The van der Waals surface area contributed by atoms with Gasteiger partial charge in [-0.05, 0) is 45.3 Å². The quantitative estimate of drug-likeness (QED) is 0.777. The van der Waals surface area contributed by atoms with Crippen molar-refractivity contribution in [3.8, 4) is 0 Å². The molecule has 0 bridgehead atoms. The summed E-state index contributed by atoms with van der Waals surface area (Å²) in [5.74, 6) is 0. The third kappa shape index (κ3) is 2.31. The largest absolute Gasteiger partial charge is 0.315 e. The molecule has 0 spiro atoms. The number of nitrogens with one attached hydrogen (secondary N) is 1. The molecule has 18 heavy (non-hydrogen) atoms. The minimum absolute atomic E-state index is 0.185. The van der Waals surface area contributed by atoms with Gasteiger partial charge >= 0.3 is 0 Å². The van der Waals surface area contributed by atoms with Crippen molar-refractivity contribution in [3.05, 3.63) is 0 Å². The van der Waals surface area contributed by atoms with Gasteiger partial charge in [-0.2, -0.15) is 0 Å². The third-order valence-corrected chi connectivity index (χ3v) is 6.88. The van der Waals surface area contributed by atoms with Gasteiger partial charge in [0.1, 0.15) is 0 Å². The van der Waals surface area contributed by atoms with Crippen LogP contribution in [0.25, 0.3) is 0 Å². The van der Waals surface area contributed by atoms with Gasteiger partial charge in [0.15, 0.2) is 0 Å². The second-order valence-electron chi connectivity index (χ2n) is 5.70. The van der Waals surface area contributed by atoms with Crippen LogP contribution >= 0.6 is 0 Å². The highest BCUT2D eigenvalue weighted by atomic mass is 32.2. The molecular formula is C12H23N3O2S. The van der Waals surface area contributed by atoms with Crippen molar-refractivity contribution in [1.29, 1.82) is 0 Å². The summed E-state index contributed by atoms with van der Waals surface area (Å²) in [4.78, 5) is 2.47. The highest BCUT2D eigenvalue weighted by molar-refractivity contribution is 7.89. The van der Waals surface area contributed by atoms with Gasteiger partial charge in [-0.1, -0.05) is 0 Å². The lowest BCUT2D eigenvalue weighted by molar-refractivity contribution is 0.250. The highest BCUT2D eigenvalue weighted by Gasteiger charge is 2.39. The van der Waals surface area contributed by atoms with Crippen LogP contribution in [-0.2, 0) is 10.0 Å². The van der Waals surface area contributed by atoms with Crippen LogP contribution in [0.4, 0.5) is 0 Å². The van der Waals surface area contributed by atoms with E-state index < -0.39 is 10.0 Å². The van der Waals surface area contributed by atoms with Crippen LogP contribution in [0.1, 0.15) is 25.7 Å². The predicted octanol–water partition coefficient (Wildman–Crippen LogP) is -0.152. The minimum atomic E-state index is -3.06. The first-order valence-corrected chi connectivity index (χ1v) is 8.62. The standard InChI is InChI=1S/C12H23N3O2S/c16-18(17,12-3-5-13-9-12)15-8-4-11(10-15)14-6-1-2-7-14/h11-13H,1-10H2. The Hall–Kier alpha value is -0.170. The average Bonchev–Trinajstić information content (AvgIpc) is 3.12. The molecule has 0 aromatic heterocycles. The fourth-order valence-electron chi connectivity index (χ4n) is 3.44. The van der Waals surface area contributed by atoms with Crippen molar-refractivity contribution >= 4 is 10.0 Å². The Kier molecular flexibility index (Phi) is 3.62. The lowest BCUT2D eigenvalue weighted by Crippen LogP contribution is -2.41. The van der Waals surface area contributed by atoms with Crippen LogP contribution in [0.2, 0.25) is 0 Å². The summed E-state index contributed by atoms with van der Waals surface area (Å²) in [5.41, 5.74) is 0. The number of rotatable bonds is 3. The first kappa shape index (κ1) is 12.8. The molecule has 0 saturated carbocycles. The number of nitrogens with zero attached hydrogens (tertiary/aromatic N) is 2. The summed E-state index contributed by atoms with van der Waals surface area (Å²) in [6.45, 7) is 5.23. The second-order valence-corrected chi connectivity index (χ2v) is 7.92. The molecule has 3 aliphatic rings. The lowest BCUT2D eigenvalue weighted by atomic mass is 10.2. The lowest BCUT2D eigenvalue weighted by Gasteiger charge is -2.24. The molecule has 0 aliphatic carbocycles. The van der Waals surface area contributed by atoms with Crippen molar-refractivity contribution in [2.75, 3.05) is 39.3 Å². The Balaban J connectivity index is 1.63. The monoisotopic (exact) mass is 273 g/mol. The van der Waals surface area contributed by atoms with E-state index in [9.17, 15) is 8.42 Å². The zero-order valence-electron chi connectivity index (χ0n) is 10.8. The molecule has 2 atom stereocenters. The highest BCUT2D eigenvalue weighted by Crippen LogP contribution is 2.25. The van der Waals surface area contributed by atoms with Gasteiger partial charge in [-0.3, -0.25) is 4.90 Å². The zero-order valence-corrected chi connectivity index (χ0v) is 11.7. The van der Waals surface area contributed by atoms with E-state index in [4.69, 9.17) is 0 Å². The van der Waals surface area contributed by atoms with Crippen molar-refractivity contribution in [2.24, 2.45) is 0 Å². The smallest absolute Gasteiger partial charge is 0.218 e. The van der Waals surface area contributed by atoms with Gasteiger partial charge in [-0.15, -0.1) is 0 Å². The normalized spacial score (nSPS) is 35.6. The molecule has 3 rings (SSSR count). The summed E-state index contributed by atoms with van der Waals surface area (Å²) in [6.07, 6.45) is 4.33. The molecule has 0 aromatic carbocycles. The van der Waals surface area contributed by atoms with Crippen LogP contribution in [0.5, 0.6) is 0 Å². The first-order chi connectivity index (χ1) is 8.68. The number of likely N-dealkylation sites (tertiary alicyclic amines) is 1. The molecule has 2 unspecified atom stereocenters. The van der Waals surface area contributed by atoms with E-state index in [0.29, 0.717) is 12.6 Å². The minimum Gasteiger partial charge on any atom is -0.315 e. The van der Waals surface area contributed by atoms with Crippen molar-refractivity contribution in [2.45, 2.75) is 37.0 Å². The van der Waals surface area contributed by atoms with Crippen LogP contribution < -0.4 is 5.32 Å². The molecular weight excluding hydrogens is 250 g/mol. The Morgan fingerprint density at radius 1 is 1.06 bits per heavy atom. The summed E-state index contributed by atoms with van der Waals surface area (Å²) in [5, 5.41) is 2.97. The van der Waals surface area contributed by atoms with E-state index in [2.05, 4.69) is 10.2 Å². The molecule has 104 valence electrons. The molecule has 1 N–H and O–H groups in total. The summed E-state index contributed by atoms with van der Waals surface area (Å²) in [6, 6.07) is 0.469. The van der Waals surface area contributed by atoms with E-state index in [1.807, 2.05) is 0 Å². The van der Waals surface area contributed by atoms with E-state index in [-0.39, 0.29) is 5.25 Å². The Bertz CT molecular complexity index is 386. The maximum atomic E-state index is 12.5. The van der Waals surface area contributed by atoms with E-state index in [1.165, 1.54) is 12.8 Å². The SMILES string of the molecule is O=S(=O)(C1CCNC1)N1CCC(N2CCCC2)C1. The molecule has 3 saturated heterocycles. The molecule has 0 aromatic rings. The first-order valence-electron chi connectivity index (χ1n) is 7.11. The van der Waals surface area contributed by atoms with Gasteiger partial charge in [-0.25, -0.2) is 12.7 Å². The van der Waals surface area contributed by atoms with Gasteiger partial charge in [0.05, 0.1) is 5.25 Å². The number of hydrogen-bond donors (Lipinski definition) is 1. The van der Waals surface area contributed by atoms with Crippen molar-refractivity contribution in [3.63, 3.8) is 0 Å². The maximum Gasteiger partial charge on any atom is 0.218 e.